The minimum atomic E-state index is -3.14. The number of alkyl halides is 1. The molecule has 0 spiro atoms. The van der Waals surface area contributed by atoms with Crippen LogP contribution in [0.4, 0.5) is 0 Å². The molecule has 0 bridgehead atoms. The number of benzene rings is 1. The molecule has 0 aliphatic heterocycles. The van der Waals surface area contributed by atoms with Gasteiger partial charge in [0.15, 0.2) is 0 Å². The highest BCUT2D eigenvalue weighted by Crippen LogP contribution is 2.27. The molecule has 1 fully saturated rings. The second-order valence-corrected chi connectivity index (χ2v) is 7.77. The van der Waals surface area contributed by atoms with Crippen LogP contribution in [-0.4, -0.2) is 36.4 Å². The van der Waals surface area contributed by atoms with Gasteiger partial charge in [0.2, 0.25) is 10.0 Å². The SMILES string of the molecule is O=S(=O)(CCc1ccccc1)N(CCBr)C1CCC1. The fraction of sp³-hybridized carbons (Fsp3) is 0.571. The number of sulfonamides is 1. The van der Waals surface area contributed by atoms with Gasteiger partial charge in [0.05, 0.1) is 5.75 Å². The molecule has 0 atom stereocenters. The monoisotopic (exact) mass is 345 g/mol. The molecule has 1 aromatic rings. The molecule has 1 aromatic carbocycles. The first kappa shape index (κ1) is 15.0. The Hall–Kier alpha value is -0.390. The molecule has 3 nitrogen and oxygen atoms in total. The molecule has 2 rings (SSSR count). The van der Waals surface area contributed by atoms with Crippen LogP contribution in [-0.2, 0) is 16.4 Å². The van der Waals surface area contributed by atoms with Gasteiger partial charge in [0.1, 0.15) is 0 Å². The summed E-state index contributed by atoms with van der Waals surface area (Å²) in [6.45, 7) is 0.585. The summed E-state index contributed by atoms with van der Waals surface area (Å²) in [4.78, 5) is 0. The van der Waals surface area contributed by atoms with Crippen LogP contribution in [0.25, 0.3) is 0 Å². The topological polar surface area (TPSA) is 37.4 Å². The molecule has 19 heavy (non-hydrogen) atoms. The normalized spacial score (nSPS) is 16.5. The Bertz CT molecular complexity index is 485. The van der Waals surface area contributed by atoms with Crippen molar-refractivity contribution in [1.29, 1.82) is 0 Å². The van der Waals surface area contributed by atoms with Crippen molar-refractivity contribution in [2.45, 2.75) is 31.7 Å². The summed E-state index contributed by atoms with van der Waals surface area (Å²) in [6, 6.07) is 10.0. The number of nitrogens with zero attached hydrogens (tertiary/aromatic N) is 1. The van der Waals surface area contributed by atoms with E-state index in [2.05, 4.69) is 15.9 Å². The second kappa shape index (κ2) is 6.86. The maximum atomic E-state index is 12.4. The van der Waals surface area contributed by atoms with Gasteiger partial charge in [-0.2, -0.15) is 4.31 Å². The van der Waals surface area contributed by atoms with Crippen molar-refractivity contribution in [3.8, 4) is 0 Å². The van der Waals surface area contributed by atoms with Crippen molar-refractivity contribution in [2.75, 3.05) is 17.6 Å². The Morgan fingerprint density at radius 3 is 2.42 bits per heavy atom. The van der Waals surface area contributed by atoms with Gasteiger partial charge in [-0.1, -0.05) is 52.7 Å². The highest BCUT2D eigenvalue weighted by molar-refractivity contribution is 9.09. The van der Waals surface area contributed by atoms with Crippen LogP contribution in [0.5, 0.6) is 0 Å². The lowest BCUT2D eigenvalue weighted by molar-refractivity contribution is 0.228. The van der Waals surface area contributed by atoms with Crippen molar-refractivity contribution in [3.63, 3.8) is 0 Å². The largest absolute Gasteiger partial charge is 0.214 e. The zero-order valence-electron chi connectivity index (χ0n) is 11.0. The summed E-state index contributed by atoms with van der Waals surface area (Å²) in [7, 11) is -3.14. The first-order valence-corrected chi connectivity index (χ1v) is 9.46. The van der Waals surface area contributed by atoms with E-state index < -0.39 is 10.0 Å². The number of rotatable bonds is 7. The summed E-state index contributed by atoms with van der Waals surface area (Å²) in [5.41, 5.74) is 1.08. The summed E-state index contributed by atoms with van der Waals surface area (Å²) < 4.78 is 26.6. The lowest BCUT2D eigenvalue weighted by Gasteiger charge is -2.36. The molecular formula is C14H20BrNO2S. The Morgan fingerprint density at radius 1 is 1.21 bits per heavy atom. The second-order valence-electron chi connectivity index (χ2n) is 4.94. The molecular weight excluding hydrogens is 326 g/mol. The van der Waals surface area contributed by atoms with Crippen LogP contribution in [0.1, 0.15) is 24.8 Å². The summed E-state index contributed by atoms with van der Waals surface area (Å²) in [5, 5.41) is 0.702. The number of hydrogen-bond donors (Lipinski definition) is 0. The van der Waals surface area contributed by atoms with Crippen LogP contribution >= 0.6 is 15.9 Å². The van der Waals surface area contributed by atoms with Gasteiger partial charge in [-0.3, -0.25) is 0 Å². The molecule has 0 heterocycles. The maximum absolute atomic E-state index is 12.4. The fourth-order valence-electron chi connectivity index (χ4n) is 2.32. The third-order valence-corrected chi connectivity index (χ3v) is 5.91. The standard InChI is InChI=1S/C14H20BrNO2S/c15-10-11-16(14-7-4-8-14)19(17,18)12-9-13-5-2-1-3-6-13/h1-3,5-6,14H,4,7-12H2. The van der Waals surface area contributed by atoms with E-state index in [1.807, 2.05) is 30.3 Å². The zero-order chi connectivity index (χ0) is 13.7. The first-order valence-electron chi connectivity index (χ1n) is 6.73. The van der Waals surface area contributed by atoms with Crippen molar-refractivity contribution < 1.29 is 8.42 Å². The van der Waals surface area contributed by atoms with E-state index in [4.69, 9.17) is 0 Å². The molecule has 0 unspecified atom stereocenters. The van der Waals surface area contributed by atoms with Crippen molar-refractivity contribution in [3.05, 3.63) is 35.9 Å². The maximum Gasteiger partial charge on any atom is 0.214 e. The van der Waals surface area contributed by atoms with Gasteiger partial charge in [0, 0.05) is 17.9 Å². The Balaban J connectivity index is 1.99. The van der Waals surface area contributed by atoms with Gasteiger partial charge < -0.3 is 0 Å². The first-order chi connectivity index (χ1) is 9.13. The van der Waals surface area contributed by atoms with Gasteiger partial charge in [-0.25, -0.2) is 8.42 Å². The van der Waals surface area contributed by atoms with Crippen LogP contribution in [0, 0.1) is 0 Å². The lowest BCUT2D eigenvalue weighted by atomic mass is 9.93. The highest BCUT2D eigenvalue weighted by Gasteiger charge is 2.32. The zero-order valence-corrected chi connectivity index (χ0v) is 13.4. The molecule has 1 aliphatic carbocycles. The van der Waals surface area contributed by atoms with E-state index in [0.717, 1.165) is 24.8 Å². The molecule has 1 saturated carbocycles. The summed E-state index contributed by atoms with van der Waals surface area (Å²) in [5.74, 6) is 0.209. The van der Waals surface area contributed by atoms with Crippen LogP contribution < -0.4 is 0 Å². The third kappa shape index (κ3) is 4.04. The van der Waals surface area contributed by atoms with Crippen LogP contribution in [0.3, 0.4) is 0 Å². The van der Waals surface area contributed by atoms with Crippen molar-refractivity contribution in [1.82, 2.24) is 4.31 Å². The minimum absolute atomic E-state index is 0.209. The van der Waals surface area contributed by atoms with E-state index in [1.165, 1.54) is 0 Å². The smallest absolute Gasteiger partial charge is 0.212 e. The van der Waals surface area contributed by atoms with E-state index in [1.54, 1.807) is 4.31 Å². The van der Waals surface area contributed by atoms with E-state index >= 15 is 0 Å². The van der Waals surface area contributed by atoms with Crippen LogP contribution in [0.2, 0.25) is 0 Å². The summed E-state index contributed by atoms with van der Waals surface area (Å²) in [6.07, 6.45) is 3.77. The van der Waals surface area contributed by atoms with Crippen molar-refractivity contribution in [2.24, 2.45) is 0 Å². The van der Waals surface area contributed by atoms with Gasteiger partial charge in [0.25, 0.3) is 0 Å². The predicted molar refractivity (Wildman–Crippen MR) is 82.1 cm³/mol. The molecule has 0 radical (unpaired) electrons. The van der Waals surface area contributed by atoms with Crippen LogP contribution in [0.15, 0.2) is 30.3 Å². The molecule has 0 saturated heterocycles. The quantitative estimate of drug-likeness (QED) is 0.712. The van der Waals surface area contributed by atoms with E-state index in [0.29, 0.717) is 18.3 Å². The molecule has 106 valence electrons. The number of hydrogen-bond acceptors (Lipinski definition) is 2. The molecule has 5 heteroatoms. The van der Waals surface area contributed by atoms with Gasteiger partial charge in [-0.15, -0.1) is 0 Å². The highest BCUT2D eigenvalue weighted by atomic mass is 79.9. The number of halogens is 1. The average molecular weight is 346 g/mol. The Kier molecular flexibility index (Phi) is 5.42. The minimum Gasteiger partial charge on any atom is -0.212 e. The van der Waals surface area contributed by atoms with E-state index in [-0.39, 0.29) is 11.8 Å². The Morgan fingerprint density at radius 2 is 1.89 bits per heavy atom. The van der Waals surface area contributed by atoms with E-state index in [9.17, 15) is 8.42 Å². The van der Waals surface area contributed by atoms with Crippen molar-refractivity contribution >= 4 is 26.0 Å². The molecule has 0 amide bonds. The Labute approximate surface area is 124 Å². The molecule has 0 N–H and O–H groups in total. The summed E-state index contributed by atoms with van der Waals surface area (Å²) >= 11 is 3.35. The molecule has 0 aromatic heterocycles. The van der Waals surface area contributed by atoms with Gasteiger partial charge >= 0.3 is 0 Å². The molecule has 1 aliphatic rings. The average Bonchev–Trinajstić information content (AvgIpc) is 2.35. The van der Waals surface area contributed by atoms with Gasteiger partial charge in [-0.05, 0) is 24.8 Å². The lowest BCUT2D eigenvalue weighted by Crippen LogP contribution is -2.46. The fourth-order valence-corrected chi connectivity index (χ4v) is 4.70. The number of aryl methyl sites for hydroxylation is 1. The predicted octanol–water partition coefficient (Wildman–Crippen LogP) is 2.81. The third-order valence-electron chi connectivity index (χ3n) is 3.64.